The molecule has 0 saturated heterocycles. The van der Waals surface area contributed by atoms with E-state index in [4.69, 9.17) is 8.94 Å². The average molecular weight is 255 g/mol. The molecule has 19 heavy (non-hydrogen) atoms. The molecule has 0 spiro atoms. The molecule has 0 aliphatic carbocycles. The van der Waals surface area contributed by atoms with Crippen LogP contribution < -0.4 is 5.32 Å². The maximum atomic E-state index is 5.45. The van der Waals surface area contributed by atoms with E-state index < -0.39 is 0 Å². The molecule has 5 heteroatoms. The Bertz CT molecular complexity index is 658. The molecule has 0 fully saturated rings. The van der Waals surface area contributed by atoms with E-state index in [9.17, 15) is 0 Å². The van der Waals surface area contributed by atoms with Crippen molar-refractivity contribution >= 4 is 5.82 Å². The predicted octanol–water partition coefficient (Wildman–Crippen LogP) is 3.25. The molecule has 0 unspecified atom stereocenters. The maximum absolute atomic E-state index is 5.45. The second-order valence-electron chi connectivity index (χ2n) is 4.19. The van der Waals surface area contributed by atoms with Gasteiger partial charge < -0.3 is 14.3 Å². The fourth-order valence-electron chi connectivity index (χ4n) is 1.73. The summed E-state index contributed by atoms with van der Waals surface area (Å²) in [6.45, 7) is 2.39. The second kappa shape index (κ2) is 4.97. The summed E-state index contributed by atoms with van der Waals surface area (Å²) >= 11 is 0. The summed E-state index contributed by atoms with van der Waals surface area (Å²) in [5.74, 6) is 2.09. The molecule has 1 N–H and O–H groups in total. The van der Waals surface area contributed by atoms with Crippen LogP contribution in [0, 0.1) is 6.92 Å². The van der Waals surface area contributed by atoms with Crippen LogP contribution in [0.4, 0.5) is 5.82 Å². The fraction of sp³-hybridized carbons (Fsp3) is 0.143. The summed E-state index contributed by atoms with van der Waals surface area (Å²) in [6, 6.07) is 11.6. The van der Waals surface area contributed by atoms with Crippen LogP contribution in [0.1, 0.15) is 11.5 Å². The van der Waals surface area contributed by atoms with Gasteiger partial charge in [0.2, 0.25) is 5.89 Å². The molecule has 96 valence electrons. The number of nitrogens with one attached hydrogen (secondary N) is 1. The summed E-state index contributed by atoms with van der Waals surface area (Å²) in [7, 11) is 0. The van der Waals surface area contributed by atoms with Crippen molar-refractivity contribution in [3.8, 4) is 11.5 Å². The van der Waals surface area contributed by atoms with Gasteiger partial charge in [-0.25, -0.2) is 4.98 Å². The smallest absolute Gasteiger partial charge is 0.226 e. The first kappa shape index (κ1) is 11.5. The van der Waals surface area contributed by atoms with Crippen LogP contribution in [0.5, 0.6) is 0 Å². The lowest BCUT2D eigenvalue weighted by molar-refractivity contribution is 0.399. The number of oxazole rings is 1. The Morgan fingerprint density at radius 3 is 2.79 bits per heavy atom. The number of rotatable bonds is 4. The molecule has 0 amide bonds. The van der Waals surface area contributed by atoms with Gasteiger partial charge in [0, 0.05) is 11.6 Å². The van der Waals surface area contributed by atoms with Gasteiger partial charge in [-0.15, -0.1) is 0 Å². The number of aryl methyl sites for hydroxylation is 1. The van der Waals surface area contributed by atoms with Crippen LogP contribution in [0.25, 0.3) is 11.5 Å². The lowest BCUT2D eigenvalue weighted by Gasteiger charge is -1.96. The third-order valence-corrected chi connectivity index (χ3v) is 2.65. The standard InChI is InChI=1S/C14H13N3O2/c1-10-7-13(17-19-10)15-8-12-9-18-14(16-12)11-5-3-2-4-6-11/h2-7,9H,8H2,1H3,(H,15,17). The number of nitrogens with zero attached hydrogens (tertiary/aromatic N) is 2. The maximum Gasteiger partial charge on any atom is 0.226 e. The van der Waals surface area contributed by atoms with Crippen LogP contribution in [0.3, 0.4) is 0 Å². The van der Waals surface area contributed by atoms with Gasteiger partial charge in [0.05, 0.1) is 12.2 Å². The third-order valence-electron chi connectivity index (χ3n) is 2.65. The summed E-state index contributed by atoms with van der Waals surface area (Å²) in [5, 5.41) is 6.97. The van der Waals surface area contributed by atoms with Crippen molar-refractivity contribution in [3.63, 3.8) is 0 Å². The van der Waals surface area contributed by atoms with E-state index in [1.165, 1.54) is 0 Å². The Hall–Kier alpha value is -2.56. The zero-order chi connectivity index (χ0) is 13.1. The minimum atomic E-state index is 0.544. The van der Waals surface area contributed by atoms with E-state index in [2.05, 4.69) is 15.5 Å². The molecule has 0 aliphatic rings. The van der Waals surface area contributed by atoms with Gasteiger partial charge >= 0.3 is 0 Å². The lowest BCUT2D eigenvalue weighted by atomic mass is 10.2. The van der Waals surface area contributed by atoms with Crippen molar-refractivity contribution in [1.82, 2.24) is 10.1 Å². The van der Waals surface area contributed by atoms with Crippen molar-refractivity contribution < 1.29 is 8.94 Å². The number of aromatic nitrogens is 2. The van der Waals surface area contributed by atoms with E-state index in [0.717, 1.165) is 17.0 Å². The highest BCUT2D eigenvalue weighted by atomic mass is 16.5. The fourth-order valence-corrected chi connectivity index (χ4v) is 1.73. The summed E-state index contributed by atoms with van der Waals surface area (Å²) in [5.41, 5.74) is 1.78. The van der Waals surface area contributed by atoms with Crippen molar-refractivity contribution in [2.45, 2.75) is 13.5 Å². The first-order valence-electron chi connectivity index (χ1n) is 5.98. The van der Waals surface area contributed by atoms with Gasteiger partial charge in [0.15, 0.2) is 5.82 Å². The van der Waals surface area contributed by atoms with E-state index in [1.807, 2.05) is 43.3 Å². The monoisotopic (exact) mass is 255 g/mol. The van der Waals surface area contributed by atoms with E-state index in [-0.39, 0.29) is 0 Å². The Morgan fingerprint density at radius 2 is 2.05 bits per heavy atom. The van der Waals surface area contributed by atoms with Gasteiger partial charge in [-0.3, -0.25) is 0 Å². The molecule has 5 nitrogen and oxygen atoms in total. The molecule has 0 atom stereocenters. The van der Waals surface area contributed by atoms with Crippen LogP contribution in [-0.2, 0) is 6.54 Å². The Labute approximate surface area is 110 Å². The molecule has 3 rings (SSSR count). The highest BCUT2D eigenvalue weighted by Gasteiger charge is 2.06. The minimum absolute atomic E-state index is 0.544. The zero-order valence-electron chi connectivity index (χ0n) is 10.5. The van der Waals surface area contributed by atoms with Crippen LogP contribution in [-0.4, -0.2) is 10.1 Å². The Balaban J connectivity index is 1.68. The normalized spacial score (nSPS) is 10.6. The average Bonchev–Trinajstić information content (AvgIpc) is 3.06. The Morgan fingerprint density at radius 1 is 1.21 bits per heavy atom. The molecular formula is C14H13N3O2. The van der Waals surface area contributed by atoms with Crippen LogP contribution in [0.2, 0.25) is 0 Å². The molecule has 2 heterocycles. The van der Waals surface area contributed by atoms with Crippen LogP contribution >= 0.6 is 0 Å². The molecule has 3 aromatic rings. The topological polar surface area (TPSA) is 64.1 Å². The Kier molecular flexibility index (Phi) is 3.02. The number of benzene rings is 1. The van der Waals surface area contributed by atoms with Crippen molar-refractivity contribution in [2.24, 2.45) is 0 Å². The molecule has 0 aliphatic heterocycles. The quantitative estimate of drug-likeness (QED) is 0.775. The summed E-state index contributed by atoms with van der Waals surface area (Å²) in [6.07, 6.45) is 1.64. The van der Waals surface area contributed by atoms with Crippen molar-refractivity contribution in [1.29, 1.82) is 0 Å². The van der Waals surface area contributed by atoms with E-state index in [1.54, 1.807) is 6.26 Å². The number of anilines is 1. The first-order valence-corrected chi connectivity index (χ1v) is 5.98. The summed E-state index contributed by atoms with van der Waals surface area (Å²) in [4.78, 5) is 4.41. The van der Waals surface area contributed by atoms with Crippen LogP contribution in [0.15, 0.2) is 51.6 Å². The molecule has 1 aromatic carbocycles. The molecule has 0 saturated carbocycles. The third kappa shape index (κ3) is 2.65. The minimum Gasteiger partial charge on any atom is -0.444 e. The summed E-state index contributed by atoms with van der Waals surface area (Å²) < 4.78 is 10.4. The van der Waals surface area contributed by atoms with Gasteiger partial charge in [-0.1, -0.05) is 23.4 Å². The first-order chi connectivity index (χ1) is 9.31. The van der Waals surface area contributed by atoms with E-state index >= 15 is 0 Å². The number of hydrogen-bond donors (Lipinski definition) is 1. The highest BCUT2D eigenvalue weighted by Crippen LogP contribution is 2.18. The molecule has 0 radical (unpaired) electrons. The van der Waals surface area contributed by atoms with Gasteiger partial charge in [-0.2, -0.15) is 0 Å². The molecular weight excluding hydrogens is 242 g/mol. The van der Waals surface area contributed by atoms with Crippen molar-refractivity contribution in [2.75, 3.05) is 5.32 Å². The molecule has 2 aromatic heterocycles. The van der Waals surface area contributed by atoms with Gasteiger partial charge in [-0.05, 0) is 19.1 Å². The van der Waals surface area contributed by atoms with Crippen molar-refractivity contribution in [3.05, 3.63) is 54.1 Å². The highest BCUT2D eigenvalue weighted by molar-refractivity contribution is 5.52. The number of hydrogen-bond acceptors (Lipinski definition) is 5. The van der Waals surface area contributed by atoms with E-state index in [0.29, 0.717) is 18.3 Å². The predicted molar refractivity (Wildman–Crippen MR) is 70.5 cm³/mol. The largest absolute Gasteiger partial charge is 0.444 e. The SMILES string of the molecule is Cc1cc(NCc2coc(-c3ccccc3)n2)no1. The lowest BCUT2D eigenvalue weighted by Crippen LogP contribution is -1.99. The van der Waals surface area contributed by atoms with Gasteiger partial charge in [0.1, 0.15) is 12.0 Å². The second-order valence-corrected chi connectivity index (χ2v) is 4.19. The zero-order valence-corrected chi connectivity index (χ0v) is 10.5. The molecule has 0 bridgehead atoms. The van der Waals surface area contributed by atoms with Gasteiger partial charge in [0.25, 0.3) is 0 Å².